The molecule has 0 unspecified atom stereocenters. The van der Waals surface area contributed by atoms with E-state index in [1.165, 1.54) is 10.6 Å². The van der Waals surface area contributed by atoms with Crippen LogP contribution in [-0.2, 0) is 19.6 Å². The summed E-state index contributed by atoms with van der Waals surface area (Å²) >= 11 is 0. The van der Waals surface area contributed by atoms with Gasteiger partial charge in [-0.2, -0.15) is 0 Å². The first kappa shape index (κ1) is 18.8. The fraction of sp³-hybridized carbons (Fsp3) is 0.556. The molecule has 2 amide bonds. The van der Waals surface area contributed by atoms with E-state index in [0.717, 1.165) is 17.7 Å². The molecular weight excluding hydrogens is 354 g/mol. The molecule has 0 saturated carbocycles. The van der Waals surface area contributed by atoms with Gasteiger partial charge in [0.05, 0.1) is 6.26 Å². The molecule has 0 aromatic heterocycles. The van der Waals surface area contributed by atoms with Gasteiger partial charge in [0.15, 0.2) is 0 Å². The summed E-state index contributed by atoms with van der Waals surface area (Å²) in [7, 11) is -3.19. The molecule has 26 heavy (non-hydrogen) atoms. The van der Waals surface area contributed by atoms with E-state index in [9.17, 15) is 18.0 Å². The molecule has 1 aromatic rings. The number of aryl methyl sites for hydroxylation is 1. The highest BCUT2D eigenvalue weighted by Gasteiger charge is 2.29. The van der Waals surface area contributed by atoms with Crippen molar-refractivity contribution in [2.75, 3.05) is 36.1 Å². The molecule has 7 nitrogen and oxygen atoms in total. The topological polar surface area (TPSA) is 86.8 Å². The van der Waals surface area contributed by atoms with Crippen LogP contribution in [0.3, 0.4) is 0 Å². The number of hydrogen-bond donors (Lipinski definition) is 1. The Kier molecular flexibility index (Phi) is 5.34. The monoisotopic (exact) mass is 379 g/mol. The number of carbonyl (C=O) groups is 2. The molecule has 3 rings (SSSR count). The second-order valence-electron chi connectivity index (χ2n) is 7.08. The van der Waals surface area contributed by atoms with Crippen molar-refractivity contribution in [3.8, 4) is 0 Å². The first-order valence-corrected chi connectivity index (χ1v) is 10.8. The minimum Gasteiger partial charge on any atom is -0.326 e. The number of amides is 2. The predicted molar refractivity (Wildman–Crippen MR) is 101 cm³/mol. The lowest BCUT2D eigenvalue weighted by Gasteiger charge is -2.29. The minimum atomic E-state index is -3.19. The maximum absolute atomic E-state index is 12.5. The lowest BCUT2D eigenvalue weighted by Crippen LogP contribution is -2.40. The quantitative estimate of drug-likeness (QED) is 0.863. The molecule has 0 bridgehead atoms. The van der Waals surface area contributed by atoms with Crippen molar-refractivity contribution in [1.82, 2.24) is 4.31 Å². The summed E-state index contributed by atoms with van der Waals surface area (Å²) in [5.41, 5.74) is 2.51. The number of nitrogens with zero attached hydrogens (tertiary/aromatic N) is 2. The van der Waals surface area contributed by atoms with E-state index in [2.05, 4.69) is 5.32 Å². The van der Waals surface area contributed by atoms with E-state index in [1.807, 2.05) is 25.1 Å². The highest BCUT2D eigenvalue weighted by molar-refractivity contribution is 7.88. The molecule has 0 spiro atoms. The zero-order valence-electron chi connectivity index (χ0n) is 15.2. The summed E-state index contributed by atoms with van der Waals surface area (Å²) in [6, 6.07) is 5.59. The molecular formula is C18H25N3O4S. The van der Waals surface area contributed by atoms with E-state index in [4.69, 9.17) is 0 Å². The molecule has 1 N–H and O–H groups in total. The van der Waals surface area contributed by atoms with E-state index in [1.54, 1.807) is 4.90 Å². The number of piperidine rings is 1. The predicted octanol–water partition coefficient (Wildman–Crippen LogP) is 1.73. The van der Waals surface area contributed by atoms with Crippen LogP contribution in [0.2, 0.25) is 0 Å². The number of carbonyl (C=O) groups excluding carboxylic acids is 2. The highest BCUT2D eigenvalue weighted by Crippen LogP contribution is 2.29. The number of sulfonamides is 1. The summed E-state index contributed by atoms with van der Waals surface area (Å²) in [6.07, 6.45) is 3.65. The fourth-order valence-electron chi connectivity index (χ4n) is 3.57. The molecule has 1 aromatic carbocycles. The van der Waals surface area contributed by atoms with Gasteiger partial charge in [0.2, 0.25) is 21.8 Å². The van der Waals surface area contributed by atoms with Gasteiger partial charge in [-0.15, -0.1) is 0 Å². The Morgan fingerprint density at radius 2 is 1.88 bits per heavy atom. The molecule has 0 aliphatic carbocycles. The van der Waals surface area contributed by atoms with E-state index >= 15 is 0 Å². The van der Waals surface area contributed by atoms with Gasteiger partial charge < -0.3 is 10.2 Å². The highest BCUT2D eigenvalue weighted by atomic mass is 32.2. The Bertz CT molecular complexity index is 814. The van der Waals surface area contributed by atoms with Gasteiger partial charge in [-0.3, -0.25) is 9.59 Å². The number of nitrogens with one attached hydrogen (secondary N) is 1. The van der Waals surface area contributed by atoms with Crippen LogP contribution in [0.1, 0.15) is 31.2 Å². The maximum atomic E-state index is 12.5. The van der Waals surface area contributed by atoms with E-state index in [-0.39, 0.29) is 17.7 Å². The average molecular weight is 379 g/mol. The first-order valence-electron chi connectivity index (χ1n) is 8.93. The minimum absolute atomic E-state index is 0.0966. The van der Waals surface area contributed by atoms with Gasteiger partial charge in [0.25, 0.3) is 0 Å². The normalized spacial score (nSPS) is 19.8. The van der Waals surface area contributed by atoms with Crippen molar-refractivity contribution >= 4 is 33.2 Å². The van der Waals surface area contributed by atoms with Crippen LogP contribution < -0.4 is 10.2 Å². The van der Waals surface area contributed by atoms with Crippen molar-refractivity contribution in [2.45, 2.75) is 32.6 Å². The molecule has 142 valence electrons. The summed E-state index contributed by atoms with van der Waals surface area (Å²) in [5, 5.41) is 2.93. The summed E-state index contributed by atoms with van der Waals surface area (Å²) in [6.45, 7) is 3.41. The standard InChI is InChI=1S/C18H25N3O4S/c1-13-5-6-15(12-16(13)21-9-3-4-17(21)22)19-18(23)14-7-10-20(11-8-14)26(2,24)25/h5-6,12,14H,3-4,7-11H2,1-2H3,(H,19,23). The molecule has 0 radical (unpaired) electrons. The van der Waals surface area contributed by atoms with Crippen LogP contribution in [0.5, 0.6) is 0 Å². The van der Waals surface area contributed by atoms with Crippen molar-refractivity contribution in [1.29, 1.82) is 0 Å². The van der Waals surface area contributed by atoms with Crippen molar-refractivity contribution in [2.24, 2.45) is 5.92 Å². The van der Waals surface area contributed by atoms with Crippen LogP contribution >= 0.6 is 0 Å². The zero-order valence-corrected chi connectivity index (χ0v) is 16.0. The van der Waals surface area contributed by atoms with Crippen molar-refractivity contribution in [3.05, 3.63) is 23.8 Å². The molecule has 2 aliphatic rings. The van der Waals surface area contributed by atoms with Gasteiger partial charge in [-0.25, -0.2) is 12.7 Å². The van der Waals surface area contributed by atoms with E-state index in [0.29, 0.717) is 44.6 Å². The summed E-state index contributed by atoms with van der Waals surface area (Å²) in [5.74, 6) is -0.184. The third kappa shape index (κ3) is 4.07. The molecule has 2 aliphatic heterocycles. The van der Waals surface area contributed by atoms with E-state index < -0.39 is 10.0 Å². The summed E-state index contributed by atoms with van der Waals surface area (Å²) < 4.78 is 24.6. The second kappa shape index (κ2) is 7.36. The smallest absolute Gasteiger partial charge is 0.227 e. The van der Waals surface area contributed by atoms with Gasteiger partial charge in [0.1, 0.15) is 0 Å². The lowest BCUT2D eigenvalue weighted by atomic mass is 9.97. The number of benzene rings is 1. The third-order valence-corrected chi connectivity index (χ3v) is 6.44. The molecule has 2 saturated heterocycles. The molecule has 8 heteroatoms. The molecule has 2 heterocycles. The molecule has 0 atom stereocenters. The van der Waals surface area contributed by atoms with Gasteiger partial charge >= 0.3 is 0 Å². The summed E-state index contributed by atoms with van der Waals surface area (Å²) in [4.78, 5) is 26.3. The van der Waals surface area contributed by atoms with Crippen molar-refractivity contribution in [3.63, 3.8) is 0 Å². The Labute approximate surface area is 154 Å². The Hall–Kier alpha value is -1.93. The van der Waals surface area contributed by atoms with Crippen LogP contribution in [0.25, 0.3) is 0 Å². The lowest BCUT2D eigenvalue weighted by molar-refractivity contribution is -0.121. The fourth-order valence-corrected chi connectivity index (χ4v) is 4.45. The van der Waals surface area contributed by atoms with Gasteiger partial charge in [-0.05, 0) is 43.9 Å². The largest absolute Gasteiger partial charge is 0.326 e. The van der Waals surface area contributed by atoms with Crippen LogP contribution in [-0.4, -0.2) is 50.4 Å². The van der Waals surface area contributed by atoms with Gasteiger partial charge in [-0.1, -0.05) is 6.07 Å². The average Bonchev–Trinajstić information content (AvgIpc) is 3.02. The number of hydrogen-bond acceptors (Lipinski definition) is 4. The van der Waals surface area contributed by atoms with Crippen LogP contribution in [0.15, 0.2) is 18.2 Å². The SMILES string of the molecule is Cc1ccc(NC(=O)C2CCN(S(C)(=O)=O)CC2)cc1N1CCCC1=O. The Balaban J connectivity index is 1.66. The second-order valence-corrected chi connectivity index (χ2v) is 9.06. The van der Waals surface area contributed by atoms with Crippen LogP contribution in [0.4, 0.5) is 11.4 Å². The Morgan fingerprint density at radius 1 is 1.19 bits per heavy atom. The van der Waals surface area contributed by atoms with Crippen molar-refractivity contribution < 1.29 is 18.0 Å². The number of rotatable bonds is 4. The first-order chi connectivity index (χ1) is 12.3. The van der Waals surface area contributed by atoms with Gasteiger partial charge in [0, 0.05) is 43.3 Å². The Morgan fingerprint density at radius 3 is 2.46 bits per heavy atom. The maximum Gasteiger partial charge on any atom is 0.227 e. The zero-order chi connectivity index (χ0) is 18.9. The third-order valence-electron chi connectivity index (χ3n) is 5.13. The number of anilines is 2. The van der Waals surface area contributed by atoms with Crippen LogP contribution in [0, 0.1) is 12.8 Å². The molecule has 2 fully saturated rings.